The maximum atomic E-state index is 12.4. The summed E-state index contributed by atoms with van der Waals surface area (Å²) < 4.78 is 0. The van der Waals surface area contributed by atoms with Crippen molar-refractivity contribution in [3.05, 3.63) is 59.2 Å². The monoisotopic (exact) mass is 325 g/mol. The van der Waals surface area contributed by atoms with Gasteiger partial charge in [-0.25, -0.2) is 0 Å². The first-order chi connectivity index (χ1) is 11.5. The number of hydrogen-bond donors (Lipinski definition) is 3. The molecule has 24 heavy (non-hydrogen) atoms. The Morgan fingerprint density at radius 3 is 2.42 bits per heavy atom. The van der Waals surface area contributed by atoms with Crippen LogP contribution in [0.3, 0.4) is 0 Å². The third kappa shape index (κ3) is 4.35. The van der Waals surface area contributed by atoms with E-state index in [1.54, 1.807) is 13.1 Å². The van der Waals surface area contributed by atoms with Crippen molar-refractivity contribution in [2.24, 2.45) is 0 Å². The zero-order valence-corrected chi connectivity index (χ0v) is 14.3. The highest BCUT2D eigenvalue weighted by Gasteiger charge is 2.12. The smallest absolute Gasteiger partial charge is 0.253 e. The first-order valence-corrected chi connectivity index (χ1v) is 7.94. The number of hydrogen-bond acceptors (Lipinski definition) is 3. The molecule has 0 bridgehead atoms. The normalized spacial score (nSPS) is 10.1. The lowest BCUT2D eigenvalue weighted by Gasteiger charge is -2.15. The summed E-state index contributed by atoms with van der Waals surface area (Å²) in [5, 5.41) is 8.64. The molecule has 0 spiro atoms. The third-order valence-electron chi connectivity index (χ3n) is 3.96. The van der Waals surface area contributed by atoms with E-state index < -0.39 is 0 Å². The van der Waals surface area contributed by atoms with Gasteiger partial charge in [0.2, 0.25) is 5.91 Å². The number of aryl methyl sites for hydroxylation is 1. The van der Waals surface area contributed by atoms with Gasteiger partial charge in [-0.05, 0) is 43.2 Å². The van der Waals surface area contributed by atoms with Crippen LogP contribution in [0.1, 0.15) is 27.9 Å². The standard InChI is InChI=1S/C19H23N3O2/c1-13-7-6-10-16(14(13)2)22-17-9-5-4-8-15(17)19(24)21-12-11-18(23)20-3/h4-10,22H,11-12H2,1-3H3,(H,20,23)(H,21,24). The SMILES string of the molecule is CNC(=O)CCNC(=O)c1ccccc1Nc1cccc(C)c1C. The van der Waals surface area contributed by atoms with Crippen LogP contribution in [0.5, 0.6) is 0 Å². The number of nitrogens with one attached hydrogen (secondary N) is 3. The second-order valence-electron chi connectivity index (χ2n) is 5.60. The van der Waals surface area contributed by atoms with Gasteiger partial charge in [0.25, 0.3) is 5.91 Å². The third-order valence-corrected chi connectivity index (χ3v) is 3.96. The average Bonchev–Trinajstić information content (AvgIpc) is 2.59. The highest BCUT2D eigenvalue weighted by atomic mass is 16.2. The Labute approximate surface area is 142 Å². The number of rotatable bonds is 6. The van der Waals surface area contributed by atoms with E-state index in [0.29, 0.717) is 12.1 Å². The van der Waals surface area contributed by atoms with Crippen LogP contribution in [0.25, 0.3) is 0 Å². The maximum absolute atomic E-state index is 12.4. The topological polar surface area (TPSA) is 70.2 Å². The Kier molecular flexibility index (Phi) is 5.95. The molecule has 2 amide bonds. The Balaban J connectivity index is 2.13. The maximum Gasteiger partial charge on any atom is 0.253 e. The molecule has 0 aliphatic carbocycles. The first kappa shape index (κ1) is 17.5. The van der Waals surface area contributed by atoms with Crippen LogP contribution < -0.4 is 16.0 Å². The average molecular weight is 325 g/mol. The van der Waals surface area contributed by atoms with Gasteiger partial charge in [-0.15, -0.1) is 0 Å². The van der Waals surface area contributed by atoms with E-state index in [0.717, 1.165) is 16.9 Å². The molecule has 0 radical (unpaired) electrons. The number of carbonyl (C=O) groups is 2. The van der Waals surface area contributed by atoms with E-state index in [9.17, 15) is 9.59 Å². The zero-order chi connectivity index (χ0) is 17.5. The summed E-state index contributed by atoms with van der Waals surface area (Å²) in [5.74, 6) is -0.301. The Morgan fingerprint density at radius 2 is 1.67 bits per heavy atom. The molecule has 0 saturated heterocycles. The van der Waals surface area contributed by atoms with Crippen molar-refractivity contribution in [2.75, 3.05) is 18.9 Å². The van der Waals surface area contributed by atoms with Crippen molar-refractivity contribution in [1.29, 1.82) is 0 Å². The quantitative estimate of drug-likeness (QED) is 0.765. The summed E-state index contributed by atoms with van der Waals surface area (Å²) in [6, 6.07) is 13.4. The van der Waals surface area contributed by atoms with Crippen molar-refractivity contribution in [3.8, 4) is 0 Å². The highest BCUT2D eigenvalue weighted by Crippen LogP contribution is 2.25. The Morgan fingerprint density at radius 1 is 0.958 bits per heavy atom. The van der Waals surface area contributed by atoms with Crippen molar-refractivity contribution in [2.45, 2.75) is 20.3 Å². The molecule has 0 fully saturated rings. The fraction of sp³-hybridized carbons (Fsp3) is 0.263. The van der Waals surface area contributed by atoms with Crippen LogP contribution in [0.15, 0.2) is 42.5 Å². The van der Waals surface area contributed by atoms with Crippen LogP contribution >= 0.6 is 0 Å². The molecule has 0 unspecified atom stereocenters. The predicted octanol–water partition coefficient (Wildman–Crippen LogP) is 2.91. The van der Waals surface area contributed by atoms with Gasteiger partial charge >= 0.3 is 0 Å². The molecule has 0 aliphatic heterocycles. The van der Waals surface area contributed by atoms with Crippen molar-refractivity contribution >= 4 is 23.2 Å². The van der Waals surface area contributed by atoms with Crippen molar-refractivity contribution in [1.82, 2.24) is 10.6 Å². The highest BCUT2D eigenvalue weighted by molar-refractivity contribution is 6.00. The first-order valence-electron chi connectivity index (χ1n) is 7.94. The lowest BCUT2D eigenvalue weighted by atomic mass is 10.1. The van der Waals surface area contributed by atoms with E-state index in [1.165, 1.54) is 5.56 Å². The van der Waals surface area contributed by atoms with Crippen molar-refractivity contribution < 1.29 is 9.59 Å². The number of carbonyl (C=O) groups excluding carboxylic acids is 2. The van der Waals surface area contributed by atoms with Crippen LogP contribution in [-0.4, -0.2) is 25.4 Å². The second kappa shape index (κ2) is 8.15. The van der Waals surface area contributed by atoms with Crippen molar-refractivity contribution in [3.63, 3.8) is 0 Å². The number of amides is 2. The van der Waals surface area contributed by atoms with E-state index >= 15 is 0 Å². The minimum absolute atomic E-state index is 0.0999. The molecular weight excluding hydrogens is 302 g/mol. The lowest BCUT2D eigenvalue weighted by molar-refractivity contribution is -0.120. The Hall–Kier alpha value is -2.82. The summed E-state index contributed by atoms with van der Waals surface area (Å²) >= 11 is 0. The zero-order valence-electron chi connectivity index (χ0n) is 14.3. The van der Waals surface area contributed by atoms with E-state index in [-0.39, 0.29) is 18.2 Å². The molecule has 2 rings (SSSR count). The van der Waals surface area contributed by atoms with E-state index in [1.807, 2.05) is 37.3 Å². The number of anilines is 2. The van der Waals surface area contributed by atoms with Gasteiger partial charge in [0.15, 0.2) is 0 Å². The summed E-state index contributed by atoms with van der Waals surface area (Å²) in [6.45, 7) is 4.40. The molecule has 0 atom stereocenters. The number of benzene rings is 2. The van der Waals surface area contributed by atoms with Gasteiger partial charge in [-0.1, -0.05) is 24.3 Å². The molecule has 0 heterocycles. The molecule has 126 valence electrons. The predicted molar refractivity (Wildman–Crippen MR) is 96.7 cm³/mol. The van der Waals surface area contributed by atoms with Gasteiger partial charge in [-0.2, -0.15) is 0 Å². The molecule has 0 aromatic heterocycles. The van der Waals surface area contributed by atoms with Gasteiger partial charge < -0.3 is 16.0 Å². The molecule has 0 saturated carbocycles. The molecular formula is C19H23N3O2. The fourth-order valence-electron chi connectivity index (χ4n) is 2.33. The fourth-order valence-corrected chi connectivity index (χ4v) is 2.33. The molecule has 2 aromatic rings. The lowest BCUT2D eigenvalue weighted by Crippen LogP contribution is -2.29. The largest absolute Gasteiger partial charge is 0.359 e. The summed E-state index contributed by atoms with van der Waals surface area (Å²) in [6.07, 6.45) is 0.259. The summed E-state index contributed by atoms with van der Waals surface area (Å²) in [4.78, 5) is 23.6. The minimum Gasteiger partial charge on any atom is -0.359 e. The Bertz CT molecular complexity index is 741. The van der Waals surface area contributed by atoms with Gasteiger partial charge in [0, 0.05) is 25.7 Å². The molecule has 5 heteroatoms. The molecule has 5 nitrogen and oxygen atoms in total. The van der Waals surface area contributed by atoms with E-state index in [4.69, 9.17) is 0 Å². The minimum atomic E-state index is -0.202. The summed E-state index contributed by atoms with van der Waals surface area (Å²) in [7, 11) is 1.58. The van der Waals surface area contributed by atoms with E-state index in [2.05, 4.69) is 28.9 Å². The van der Waals surface area contributed by atoms with Gasteiger partial charge in [-0.3, -0.25) is 9.59 Å². The molecule has 0 aliphatic rings. The molecule has 2 aromatic carbocycles. The second-order valence-corrected chi connectivity index (χ2v) is 5.60. The van der Waals surface area contributed by atoms with Crippen LogP contribution in [-0.2, 0) is 4.79 Å². The van der Waals surface area contributed by atoms with Crippen LogP contribution in [0.4, 0.5) is 11.4 Å². The summed E-state index contributed by atoms with van der Waals surface area (Å²) in [5.41, 5.74) is 4.60. The van der Waals surface area contributed by atoms with Crippen LogP contribution in [0, 0.1) is 13.8 Å². The molecule has 3 N–H and O–H groups in total. The van der Waals surface area contributed by atoms with Crippen LogP contribution in [0.2, 0.25) is 0 Å². The number of para-hydroxylation sites is 1. The van der Waals surface area contributed by atoms with Gasteiger partial charge in [0.05, 0.1) is 11.3 Å². The van der Waals surface area contributed by atoms with Gasteiger partial charge in [0.1, 0.15) is 0 Å².